The minimum absolute atomic E-state index is 0.0870. The second-order valence-electron chi connectivity index (χ2n) is 6.27. The molecule has 128 valence electrons. The number of nitrogens with zero attached hydrogens (tertiary/aromatic N) is 1. The molecule has 0 aliphatic carbocycles. The van der Waals surface area contributed by atoms with Gasteiger partial charge in [0.1, 0.15) is 17.4 Å². The average Bonchev–Trinajstić information content (AvgIpc) is 2.43. The van der Waals surface area contributed by atoms with Gasteiger partial charge in [0.25, 0.3) is 0 Å². The molecule has 1 unspecified atom stereocenters. The number of carbonyl (C=O) groups is 2. The van der Waals surface area contributed by atoms with Crippen molar-refractivity contribution >= 4 is 24.0 Å². The zero-order valence-corrected chi connectivity index (χ0v) is 14.8. The molecule has 1 aromatic carbocycles. The SMILES string of the molecule is COc1c(F)cc(Cl)cc1C(C)(C=O)N(C)C(=O)OC(C)(C)C. The normalized spacial score (nSPS) is 13.9. The molecule has 0 spiro atoms. The lowest BCUT2D eigenvalue weighted by Crippen LogP contribution is -2.48. The highest BCUT2D eigenvalue weighted by Crippen LogP contribution is 2.37. The Bertz CT molecular complexity index is 615. The summed E-state index contributed by atoms with van der Waals surface area (Å²) in [6.07, 6.45) is -0.209. The van der Waals surface area contributed by atoms with Gasteiger partial charge in [-0.1, -0.05) is 11.6 Å². The van der Waals surface area contributed by atoms with Gasteiger partial charge in [0.2, 0.25) is 0 Å². The number of benzene rings is 1. The van der Waals surface area contributed by atoms with E-state index < -0.39 is 23.1 Å². The fraction of sp³-hybridized carbons (Fsp3) is 0.500. The Morgan fingerprint density at radius 3 is 2.30 bits per heavy atom. The second-order valence-corrected chi connectivity index (χ2v) is 6.71. The van der Waals surface area contributed by atoms with Crippen LogP contribution in [0, 0.1) is 5.82 Å². The third kappa shape index (κ3) is 4.13. The standard InChI is InChI=1S/C16H21ClFNO4/c1-15(2,3)23-14(21)19(5)16(4,9-20)11-7-10(17)8-12(18)13(11)22-6/h7-9H,1-6H3. The summed E-state index contributed by atoms with van der Waals surface area (Å²) in [4.78, 5) is 25.1. The quantitative estimate of drug-likeness (QED) is 0.779. The molecule has 0 aliphatic rings. The maximum Gasteiger partial charge on any atom is 0.411 e. The van der Waals surface area contributed by atoms with Gasteiger partial charge in [0.15, 0.2) is 11.6 Å². The number of rotatable bonds is 4. The molecule has 0 aliphatic heterocycles. The third-order valence-electron chi connectivity index (χ3n) is 3.35. The first-order chi connectivity index (χ1) is 10.5. The Morgan fingerprint density at radius 1 is 1.30 bits per heavy atom. The van der Waals surface area contributed by atoms with Crippen LogP contribution in [0.1, 0.15) is 33.3 Å². The van der Waals surface area contributed by atoms with Gasteiger partial charge < -0.3 is 14.3 Å². The molecule has 0 N–H and O–H groups in total. The summed E-state index contributed by atoms with van der Waals surface area (Å²) in [5.74, 6) is -0.875. The lowest BCUT2D eigenvalue weighted by atomic mass is 9.91. The van der Waals surface area contributed by atoms with Crippen LogP contribution in [-0.2, 0) is 15.1 Å². The second kappa shape index (κ2) is 6.74. The number of aldehydes is 1. The van der Waals surface area contributed by atoms with Crippen LogP contribution in [0.3, 0.4) is 0 Å². The molecular weight excluding hydrogens is 325 g/mol. The Kier molecular flexibility index (Phi) is 5.64. The molecule has 0 bridgehead atoms. The third-order valence-corrected chi connectivity index (χ3v) is 3.57. The zero-order chi connectivity index (χ0) is 18.0. The van der Waals surface area contributed by atoms with E-state index >= 15 is 0 Å². The van der Waals surface area contributed by atoms with Crippen LogP contribution >= 0.6 is 11.6 Å². The van der Waals surface area contributed by atoms with Crippen molar-refractivity contribution in [2.45, 2.75) is 38.8 Å². The summed E-state index contributed by atoms with van der Waals surface area (Å²) >= 11 is 5.89. The lowest BCUT2D eigenvalue weighted by molar-refractivity contribution is -0.117. The molecule has 0 aromatic heterocycles. The van der Waals surface area contributed by atoms with Gasteiger partial charge in [-0.2, -0.15) is 0 Å². The Balaban J connectivity index is 3.40. The van der Waals surface area contributed by atoms with Gasteiger partial charge in [0.05, 0.1) is 7.11 Å². The Morgan fingerprint density at radius 2 is 1.87 bits per heavy atom. The molecular formula is C16H21ClFNO4. The molecule has 1 aromatic rings. The highest BCUT2D eigenvalue weighted by Gasteiger charge is 2.40. The number of halogens is 2. The molecule has 0 heterocycles. The maximum atomic E-state index is 14.1. The molecule has 0 radical (unpaired) electrons. The first-order valence-electron chi connectivity index (χ1n) is 6.93. The van der Waals surface area contributed by atoms with E-state index in [1.54, 1.807) is 20.8 Å². The van der Waals surface area contributed by atoms with Crippen molar-refractivity contribution < 1.29 is 23.5 Å². The Hall–Kier alpha value is -1.82. The topological polar surface area (TPSA) is 55.8 Å². The number of hydrogen-bond donors (Lipinski definition) is 0. The van der Waals surface area contributed by atoms with Crippen LogP contribution in [0.15, 0.2) is 12.1 Å². The van der Waals surface area contributed by atoms with Crippen molar-refractivity contribution in [2.24, 2.45) is 0 Å². The van der Waals surface area contributed by atoms with Crippen LogP contribution in [0.4, 0.5) is 9.18 Å². The lowest BCUT2D eigenvalue weighted by Gasteiger charge is -2.36. The molecule has 0 fully saturated rings. The number of amides is 1. The molecule has 0 saturated heterocycles. The van der Waals surface area contributed by atoms with Gasteiger partial charge in [0, 0.05) is 17.6 Å². The number of methoxy groups -OCH3 is 1. The van der Waals surface area contributed by atoms with E-state index in [4.69, 9.17) is 21.1 Å². The number of hydrogen-bond acceptors (Lipinski definition) is 4. The van der Waals surface area contributed by atoms with E-state index in [0.717, 1.165) is 11.0 Å². The summed E-state index contributed by atoms with van der Waals surface area (Å²) in [5.41, 5.74) is -2.12. The molecule has 1 atom stereocenters. The summed E-state index contributed by atoms with van der Waals surface area (Å²) in [5, 5.41) is 0.0870. The average molecular weight is 346 g/mol. The predicted octanol–water partition coefficient (Wildman–Crippen LogP) is 3.77. The first kappa shape index (κ1) is 19.2. The molecule has 5 nitrogen and oxygen atoms in total. The minimum atomic E-state index is -1.51. The monoisotopic (exact) mass is 345 g/mol. The predicted molar refractivity (Wildman–Crippen MR) is 85.4 cm³/mol. The highest BCUT2D eigenvalue weighted by atomic mass is 35.5. The van der Waals surface area contributed by atoms with Crippen molar-refractivity contribution in [2.75, 3.05) is 14.2 Å². The van der Waals surface area contributed by atoms with Gasteiger partial charge in [-0.3, -0.25) is 4.90 Å². The zero-order valence-electron chi connectivity index (χ0n) is 14.1. The summed E-state index contributed by atoms with van der Waals surface area (Å²) in [6.45, 7) is 6.57. The van der Waals surface area contributed by atoms with Crippen LogP contribution in [0.25, 0.3) is 0 Å². The van der Waals surface area contributed by atoms with Gasteiger partial charge in [-0.05, 0) is 39.8 Å². The van der Waals surface area contributed by atoms with Crippen LogP contribution < -0.4 is 4.74 Å². The van der Waals surface area contributed by atoms with Crippen molar-refractivity contribution in [3.05, 3.63) is 28.5 Å². The number of likely N-dealkylation sites (N-methyl/N-ethyl adjacent to an activating group) is 1. The molecule has 1 rings (SSSR count). The fourth-order valence-electron chi connectivity index (χ4n) is 1.99. The van der Waals surface area contributed by atoms with E-state index in [2.05, 4.69) is 0 Å². The minimum Gasteiger partial charge on any atom is -0.493 e. The van der Waals surface area contributed by atoms with Crippen molar-refractivity contribution in [3.63, 3.8) is 0 Å². The van der Waals surface area contributed by atoms with E-state index in [9.17, 15) is 14.0 Å². The first-order valence-corrected chi connectivity index (χ1v) is 7.30. The largest absolute Gasteiger partial charge is 0.493 e. The van der Waals surface area contributed by atoms with Crippen LogP contribution in [0.5, 0.6) is 5.75 Å². The fourth-order valence-corrected chi connectivity index (χ4v) is 2.19. The summed E-state index contributed by atoms with van der Waals surface area (Å²) in [6, 6.07) is 2.46. The Labute approximate surface area is 140 Å². The smallest absolute Gasteiger partial charge is 0.411 e. The summed E-state index contributed by atoms with van der Waals surface area (Å²) < 4.78 is 24.4. The van der Waals surface area contributed by atoms with E-state index in [-0.39, 0.29) is 16.3 Å². The van der Waals surface area contributed by atoms with Gasteiger partial charge in [-0.15, -0.1) is 0 Å². The highest BCUT2D eigenvalue weighted by molar-refractivity contribution is 6.30. The van der Waals surface area contributed by atoms with E-state index in [1.165, 1.54) is 27.1 Å². The van der Waals surface area contributed by atoms with E-state index in [1.807, 2.05) is 0 Å². The summed E-state index contributed by atoms with van der Waals surface area (Å²) in [7, 11) is 2.66. The van der Waals surface area contributed by atoms with Crippen LogP contribution in [0.2, 0.25) is 5.02 Å². The molecule has 0 saturated carbocycles. The van der Waals surface area contributed by atoms with Crippen molar-refractivity contribution in [1.82, 2.24) is 4.90 Å². The molecule has 23 heavy (non-hydrogen) atoms. The molecule has 1 amide bonds. The molecule has 7 heteroatoms. The van der Waals surface area contributed by atoms with Crippen molar-refractivity contribution in [1.29, 1.82) is 0 Å². The van der Waals surface area contributed by atoms with Gasteiger partial charge >= 0.3 is 6.09 Å². The van der Waals surface area contributed by atoms with Crippen molar-refractivity contribution in [3.8, 4) is 5.75 Å². The van der Waals surface area contributed by atoms with Gasteiger partial charge in [-0.25, -0.2) is 9.18 Å². The number of ether oxygens (including phenoxy) is 2. The number of carbonyl (C=O) groups excluding carboxylic acids is 2. The maximum absolute atomic E-state index is 14.1. The van der Waals surface area contributed by atoms with Crippen LogP contribution in [-0.4, -0.2) is 37.0 Å². The van der Waals surface area contributed by atoms with E-state index in [0.29, 0.717) is 6.29 Å².